The Morgan fingerprint density at radius 3 is 2.90 bits per heavy atom. The minimum absolute atomic E-state index is 0.145. The molecule has 1 aromatic rings. The first-order valence-corrected chi connectivity index (χ1v) is 9.29. The van der Waals surface area contributed by atoms with E-state index in [0.29, 0.717) is 5.92 Å². The van der Waals surface area contributed by atoms with Gasteiger partial charge in [0.05, 0.1) is 6.04 Å². The van der Waals surface area contributed by atoms with Crippen LogP contribution in [-0.2, 0) is 4.79 Å². The van der Waals surface area contributed by atoms with Crippen LogP contribution in [0.1, 0.15) is 43.7 Å². The van der Waals surface area contributed by atoms with E-state index in [1.165, 1.54) is 29.7 Å². The second-order valence-electron chi connectivity index (χ2n) is 6.66. The van der Waals surface area contributed by atoms with Crippen molar-refractivity contribution in [3.63, 3.8) is 0 Å². The molecule has 0 saturated heterocycles. The Balaban J connectivity index is 1.51. The quantitative estimate of drug-likeness (QED) is 0.873. The molecule has 2 fully saturated rings. The molecule has 1 amide bonds. The van der Waals surface area contributed by atoms with Crippen molar-refractivity contribution >= 4 is 29.3 Å². The summed E-state index contributed by atoms with van der Waals surface area (Å²) in [5.74, 6) is 3.07. The molecule has 0 radical (unpaired) electrons. The highest BCUT2D eigenvalue weighted by molar-refractivity contribution is 7.99. The lowest BCUT2D eigenvalue weighted by molar-refractivity contribution is -0.127. The number of carbonyl (C=O) groups is 1. The third-order valence-corrected chi connectivity index (χ3v) is 6.76. The van der Waals surface area contributed by atoms with Gasteiger partial charge in [0.15, 0.2) is 0 Å². The van der Waals surface area contributed by atoms with Crippen molar-refractivity contribution in [2.24, 2.45) is 17.8 Å². The van der Waals surface area contributed by atoms with Crippen molar-refractivity contribution in [3.8, 4) is 0 Å². The highest BCUT2D eigenvalue weighted by Crippen LogP contribution is 2.48. The van der Waals surface area contributed by atoms with Gasteiger partial charge in [0, 0.05) is 21.6 Å². The molecule has 1 aliphatic heterocycles. The number of hydrogen-bond acceptors (Lipinski definition) is 2. The maximum atomic E-state index is 12.6. The smallest absolute Gasteiger partial charge is 0.223 e. The van der Waals surface area contributed by atoms with Crippen LogP contribution in [0.2, 0.25) is 5.02 Å². The molecule has 1 aromatic carbocycles. The molecule has 1 heterocycles. The molecule has 2 nitrogen and oxygen atoms in total. The molecule has 4 unspecified atom stereocenters. The fourth-order valence-corrected chi connectivity index (χ4v) is 5.65. The average molecular weight is 322 g/mol. The zero-order chi connectivity index (χ0) is 14.4. The van der Waals surface area contributed by atoms with Crippen LogP contribution < -0.4 is 5.32 Å². The van der Waals surface area contributed by atoms with E-state index in [4.69, 9.17) is 11.6 Å². The predicted molar refractivity (Wildman–Crippen MR) is 86.6 cm³/mol. The standard InChI is InChI=1S/C17H20ClNOS/c18-12-3-4-16-14(9-12)15(5-6-21-16)19-17(20)13-8-10-1-2-11(13)7-10/h3-4,9-11,13,15H,1-2,5-8H2,(H,19,20). The van der Waals surface area contributed by atoms with Gasteiger partial charge in [-0.25, -0.2) is 0 Å². The molecule has 4 heteroatoms. The van der Waals surface area contributed by atoms with Gasteiger partial charge in [-0.3, -0.25) is 4.79 Å². The third-order valence-electron chi connectivity index (χ3n) is 5.40. The van der Waals surface area contributed by atoms with Gasteiger partial charge in [0.25, 0.3) is 0 Å². The molecule has 0 spiro atoms. The molecule has 4 rings (SSSR count). The molecule has 2 saturated carbocycles. The van der Waals surface area contributed by atoms with Crippen LogP contribution in [0, 0.1) is 17.8 Å². The van der Waals surface area contributed by atoms with Crippen molar-refractivity contribution in [2.75, 3.05) is 5.75 Å². The number of halogens is 1. The third kappa shape index (κ3) is 2.59. The summed E-state index contributed by atoms with van der Waals surface area (Å²) in [7, 11) is 0. The Hall–Kier alpha value is -0.670. The van der Waals surface area contributed by atoms with Crippen LogP contribution in [0.3, 0.4) is 0 Å². The Morgan fingerprint density at radius 2 is 2.14 bits per heavy atom. The van der Waals surface area contributed by atoms with E-state index in [1.807, 2.05) is 23.9 Å². The summed E-state index contributed by atoms with van der Waals surface area (Å²) in [5.41, 5.74) is 1.20. The van der Waals surface area contributed by atoms with E-state index < -0.39 is 0 Å². The molecule has 0 aromatic heterocycles. The summed E-state index contributed by atoms with van der Waals surface area (Å²) in [5, 5.41) is 4.08. The molecule has 3 aliphatic rings. The van der Waals surface area contributed by atoms with Crippen molar-refractivity contribution in [1.29, 1.82) is 0 Å². The van der Waals surface area contributed by atoms with Gasteiger partial charge >= 0.3 is 0 Å². The SMILES string of the molecule is O=C(NC1CCSc2ccc(Cl)cc21)C1CC2CCC1C2. The number of thioether (sulfide) groups is 1. The van der Waals surface area contributed by atoms with E-state index in [0.717, 1.165) is 29.5 Å². The normalized spacial score (nSPS) is 33.8. The summed E-state index contributed by atoms with van der Waals surface area (Å²) in [6.45, 7) is 0. The van der Waals surface area contributed by atoms with Gasteiger partial charge in [-0.15, -0.1) is 11.8 Å². The maximum absolute atomic E-state index is 12.6. The second-order valence-corrected chi connectivity index (χ2v) is 8.23. The van der Waals surface area contributed by atoms with Crippen LogP contribution in [-0.4, -0.2) is 11.7 Å². The Bertz CT molecular complexity index is 576. The number of carbonyl (C=O) groups excluding carboxylic acids is 1. The molecular weight excluding hydrogens is 302 g/mol. The summed E-state index contributed by atoms with van der Waals surface area (Å²) in [4.78, 5) is 13.9. The summed E-state index contributed by atoms with van der Waals surface area (Å²) < 4.78 is 0. The first-order chi connectivity index (χ1) is 10.2. The fourth-order valence-electron chi connectivity index (χ4n) is 4.36. The molecule has 1 N–H and O–H groups in total. The van der Waals surface area contributed by atoms with Gasteiger partial charge in [-0.1, -0.05) is 18.0 Å². The van der Waals surface area contributed by atoms with E-state index >= 15 is 0 Å². The van der Waals surface area contributed by atoms with E-state index in [-0.39, 0.29) is 17.9 Å². The first-order valence-electron chi connectivity index (χ1n) is 7.93. The van der Waals surface area contributed by atoms with Gasteiger partial charge < -0.3 is 5.32 Å². The van der Waals surface area contributed by atoms with Crippen molar-refractivity contribution in [1.82, 2.24) is 5.32 Å². The number of hydrogen-bond donors (Lipinski definition) is 1. The number of amides is 1. The van der Waals surface area contributed by atoms with E-state index in [1.54, 1.807) is 0 Å². The zero-order valence-electron chi connectivity index (χ0n) is 12.0. The van der Waals surface area contributed by atoms with Gasteiger partial charge in [-0.2, -0.15) is 0 Å². The lowest BCUT2D eigenvalue weighted by atomic mass is 9.87. The van der Waals surface area contributed by atoms with Crippen LogP contribution in [0.25, 0.3) is 0 Å². The monoisotopic (exact) mass is 321 g/mol. The minimum atomic E-state index is 0.145. The molecule has 2 bridgehead atoms. The Morgan fingerprint density at radius 1 is 1.24 bits per heavy atom. The van der Waals surface area contributed by atoms with Gasteiger partial charge in [0.2, 0.25) is 5.91 Å². The number of fused-ring (bicyclic) bond motifs is 3. The van der Waals surface area contributed by atoms with Crippen LogP contribution in [0.4, 0.5) is 0 Å². The molecule has 2 aliphatic carbocycles. The maximum Gasteiger partial charge on any atom is 0.223 e. The van der Waals surface area contributed by atoms with Crippen LogP contribution >= 0.6 is 23.4 Å². The summed E-state index contributed by atoms with van der Waals surface area (Å²) in [6.07, 6.45) is 5.99. The second kappa shape index (κ2) is 5.51. The van der Waals surface area contributed by atoms with Gasteiger partial charge in [0.1, 0.15) is 0 Å². The molecule has 4 atom stereocenters. The lowest BCUT2D eigenvalue weighted by Gasteiger charge is -2.29. The van der Waals surface area contributed by atoms with Crippen LogP contribution in [0.5, 0.6) is 0 Å². The lowest BCUT2D eigenvalue weighted by Crippen LogP contribution is -2.37. The molecular formula is C17H20ClNOS. The number of nitrogens with one attached hydrogen (secondary N) is 1. The number of rotatable bonds is 2. The first kappa shape index (κ1) is 14.0. The predicted octanol–water partition coefficient (Wildman–Crippen LogP) is 4.43. The van der Waals surface area contributed by atoms with Crippen LogP contribution in [0.15, 0.2) is 23.1 Å². The number of benzene rings is 1. The van der Waals surface area contributed by atoms with Crippen molar-refractivity contribution in [3.05, 3.63) is 28.8 Å². The highest BCUT2D eigenvalue weighted by Gasteiger charge is 2.43. The summed E-state index contributed by atoms with van der Waals surface area (Å²) >= 11 is 8.00. The minimum Gasteiger partial charge on any atom is -0.349 e. The highest BCUT2D eigenvalue weighted by atomic mass is 35.5. The van der Waals surface area contributed by atoms with E-state index in [9.17, 15) is 4.79 Å². The topological polar surface area (TPSA) is 29.1 Å². The summed E-state index contributed by atoms with van der Waals surface area (Å²) in [6, 6.07) is 6.19. The van der Waals surface area contributed by atoms with Crippen molar-refractivity contribution in [2.45, 2.75) is 43.0 Å². The zero-order valence-corrected chi connectivity index (χ0v) is 13.6. The average Bonchev–Trinajstić information content (AvgIpc) is 3.10. The largest absolute Gasteiger partial charge is 0.349 e. The fraction of sp³-hybridized carbons (Fsp3) is 0.588. The molecule has 21 heavy (non-hydrogen) atoms. The van der Waals surface area contributed by atoms with Crippen molar-refractivity contribution < 1.29 is 4.79 Å². The molecule has 112 valence electrons. The van der Waals surface area contributed by atoms with E-state index in [2.05, 4.69) is 11.4 Å². The van der Waals surface area contributed by atoms with Gasteiger partial charge in [-0.05, 0) is 61.3 Å². The Labute approximate surface area is 135 Å². The Kier molecular flexibility index (Phi) is 3.66.